The predicted molar refractivity (Wildman–Crippen MR) is 207 cm³/mol. The zero-order chi connectivity index (χ0) is 50.4. The second-order valence-electron chi connectivity index (χ2n) is 16.4. The lowest BCUT2D eigenvalue weighted by atomic mass is 9.96. The third-order valence-electron chi connectivity index (χ3n) is 11.6. The van der Waals surface area contributed by atoms with Crippen molar-refractivity contribution in [2.45, 2.75) is 160 Å². The van der Waals surface area contributed by atoms with Crippen molar-refractivity contribution >= 4 is 7.82 Å². The molecule has 0 saturated carbocycles. The molecule has 0 bridgehead atoms. The Morgan fingerprint density at radius 3 is 1.32 bits per heavy atom. The number of nitrogens with one attached hydrogen (secondary N) is 1. The van der Waals surface area contributed by atoms with Gasteiger partial charge in [0, 0.05) is 6.54 Å². The first kappa shape index (κ1) is 57.9. The minimum Gasteiger partial charge on any atom is -0.394 e. The number of phosphoric ester groups is 1. The number of phosphoric acid groups is 1. The number of rotatable bonds is 22. The van der Waals surface area contributed by atoms with Crippen molar-refractivity contribution in [2.24, 2.45) is 0 Å². The van der Waals surface area contributed by atoms with Gasteiger partial charge in [-0.05, 0) is 0 Å². The summed E-state index contributed by atoms with van der Waals surface area (Å²) in [6, 6.07) is 0. The molecule has 5 fully saturated rings. The molecule has 33 heteroatoms. The maximum absolute atomic E-state index is 12.2. The van der Waals surface area contributed by atoms with E-state index >= 15 is 0 Å². The highest BCUT2D eigenvalue weighted by atomic mass is 31.2. The Hall–Kier alpha value is -1.01. The van der Waals surface area contributed by atoms with Crippen LogP contribution in [0.1, 0.15) is 0 Å². The van der Waals surface area contributed by atoms with Crippen molar-refractivity contribution < 1.29 is 153 Å². The molecule has 27 atom stereocenters. The summed E-state index contributed by atoms with van der Waals surface area (Å²) in [5.41, 5.74) is 0. The molecule has 5 aliphatic rings. The van der Waals surface area contributed by atoms with Gasteiger partial charge in [-0.15, -0.1) is 0 Å². The molecule has 5 saturated heterocycles. The van der Waals surface area contributed by atoms with Crippen LogP contribution in [0.5, 0.6) is 0 Å². The number of hydrogen-bond acceptors (Lipinski definition) is 31. The summed E-state index contributed by atoms with van der Waals surface area (Å²) in [6.07, 6.45) is -48.3. The molecule has 5 heterocycles. The predicted octanol–water partition coefficient (Wildman–Crippen LogP) is -12.8. The van der Waals surface area contributed by atoms with E-state index in [-0.39, 0.29) is 0 Å². The summed E-state index contributed by atoms with van der Waals surface area (Å²) in [4.78, 5) is 9.91. The zero-order valence-electron chi connectivity index (χ0n) is 35.7. The average molecular weight is 1030 g/mol. The lowest BCUT2D eigenvalue weighted by Crippen LogP contribution is -2.67. The first-order valence-corrected chi connectivity index (χ1v) is 22.7. The summed E-state index contributed by atoms with van der Waals surface area (Å²) < 4.78 is 72.0. The molecule has 0 radical (unpaired) electrons. The molecular weight excluding hydrogens is 961 g/mol. The van der Waals surface area contributed by atoms with Crippen molar-refractivity contribution in [3.8, 4) is 0 Å². The van der Waals surface area contributed by atoms with Crippen LogP contribution in [0, 0.1) is 0 Å². The van der Waals surface area contributed by atoms with Crippen LogP contribution in [0.2, 0.25) is 0 Å². The maximum atomic E-state index is 12.2. The van der Waals surface area contributed by atoms with Crippen LogP contribution in [0.15, 0.2) is 0 Å². The Labute approximate surface area is 385 Å². The summed E-state index contributed by atoms with van der Waals surface area (Å²) in [7, 11) is -4.82. The van der Waals surface area contributed by atoms with E-state index in [1.54, 1.807) is 0 Å². The van der Waals surface area contributed by atoms with Gasteiger partial charge in [-0.3, -0.25) is 14.4 Å². The lowest BCUT2D eigenvalue weighted by molar-refractivity contribution is -0.371. The molecule has 0 aromatic heterocycles. The van der Waals surface area contributed by atoms with Crippen molar-refractivity contribution in [1.82, 2.24) is 5.32 Å². The van der Waals surface area contributed by atoms with E-state index in [4.69, 9.17) is 52.3 Å². The molecule has 5 aliphatic heterocycles. The molecule has 68 heavy (non-hydrogen) atoms. The molecule has 20 N–H and O–H groups in total. The zero-order valence-corrected chi connectivity index (χ0v) is 36.6. The minimum absolute atomic E-state index is 0.454. The number of aliphatic hydroxyl groups is 18. The van der Waals surface area contributed by atoms with Crippen LogP contribution in [-0.2, 0) is 56.2 Å². The molecule has 0 spiro atoms. The van der Waals surface area contributed by atoms with Crippen molar-refractivity contribution in [3.63, 3.8) is 0 Å². The molecular formula is C35H64NO31P. The topological polar surface area (TPSA) is 515 Å². The monoisotopic (exact) mass is 1030 g/mol. The fraction of sp³-hybridized carbons (Fsp3) is 1.00. The molecule has 0 amide bonds. The van der Waals surface area contributed by atoms with Crippen LogP contribution >= 0.6 is 7.82 Å². The van der Waals surface area contributed by atoms with Gasteiger partial charge < -0.3 is 139 Å². The first-order chi connectivity index (χ1) is 32.1. The lowest BCUT2D eigenvalue weighted by Gasteiger charge is -2.48. The number of aliphatic hydroxyl groups excluding tert-OH is 18. The second-order valence-corrected chi connectivity index (χ2v) is 17.9. The number of hydrogen-bond donors (Lipinski definition) is 20. The molecule has 400 valence electrons. The molecule has 5 rings (SSSR count). The van der Waals surface area contributed by atoms with Gasteiger partial charge in [0.15, 0.2) is 25.2 Å². The molecule has 32 nitrogen and oxygen atoms in total. The minimum atomic E-state index is -4.82. The van der Waals surface area contributed by atoms with Gasteiger partial charge in [0.2, 0.25) is 0 Å². The summed E-state index contributed by atoms with van der Waals surface area (Å²) in [5, 5.41) is 189. The van der Waals surface area contributed by atoms with Crippen molar-refractivity contribution in [1.29, 1.82) is 0 Å². The highest BCUT2D eigenvalue weighted by Gasteiger charge is 2.54. The normalized spacial score (nSPS) is 47.4. The van der Waals surface area contributed by atoms with E-state index in [0.717, 1.165) is 0 Å². The van der Waals surface area contributed by atoms with Crippen molar-refractivity contribution in [2.75, 3.05) is 59.4 Å². The average Bonchev–Trinajstić information content (AvgIpc) is 3.32. The SMILES string of the molecule is O=P(O)(OCCN[C@@H]1O[C@H](CO[C@H]2O[C@H](CO[C@H]3O[C@H](CO)[C@@H](O)[C@H](O)[C@@H]3O)[C@@H](O)[C@H](O[C@H]3O[C@H](CO)[C@@H](O)[C@H](O)[C@@H]3O)[C@@H]2O)[C@@H](O)[C@H](O[C@H]2O[C@H](CO)[C@@H](O)[C@H](O)[C@@H]2O)[C@@H]1O)OCC(O)CO. The largest absolute Gasteiger partial charge is 0.472 e. The van der Waals surface area contributed by atoms with Crippen LogP contribution in [-0.4, -0.2) is 316 Å². The van der Waals surface area contributed by atoms with Gasteiger partial charge >= 0.3 is 7.82 Å². The number of ether oxygens (including phenoxy) is 9. The highest BCUT2D eigenvalue weighted by molar-refractivity contribution is 7.47. The maximum Gasteiger partial charge on any atom is 0.472 e. The van der Waals surface area contributed by atoms with E-state index in [1.807, 2.05) is 0 Å². The van der Waals surface area contributed by atoms with Crippen LogP contribution in [0.25, 0.3) is 0 Å². The van der Waals surface area contributed by atoms with Crippen molar-refractivity contribution in [3.05, 3.63) is 0 Å². The summed E-state index contributed by atoms with van der Waals surface area (Å²) in [6.45, 7) is -7.07. The molecule has 2 unspecified atom stereocenters. The molecule has 0 aromatic rings. The first-order valence-electron chi connectivity index (χ1n) is 21.2. The quantitative estimate of drug-likeness (QED) is 0.0354. The van der Waals surface area contributed by atoms with E-state index in [9.17, 15) is 96.3 Å². The molecule has 0 aromatic carbocycles. The second kappa shape index (κ2) is 25.8. The Morgan fingerprint density at radius 2 is 0.868 bits per heavy atom. The van der Waals surface area contributed by atoms with Gasteiger partial charge in [0.05, 0.1) is 52.9 Å². The smallest absolute Gasteiger partial charge is 0.394 e. The Morgan fingerprint density at radius 1 is 0.471 bits per heavy atom. The van der Waals surface area contributed by atoms with E-state index in [2.05, 4.69) is 9.84 Å². The third-order valence-corrected chi connectivity index (χ3v) is 12.6. The van der Waals surface area contributed by atoms with E-state index in [0.29, 0.717) is 0 Å². The Balaban J connectivity index is 1.36. The third kappa shape index (κ3) is 13.8. The summed E-state index contributed by atoms with van der Waals surface area (Å²) in [5.74, 6) is 0. The standard InChI is InChI=1S/C35H64NO31P/c37-3-10(41)7-60-68(55,56)59-2-1-36-31-27(53)29(66-34-25(51)22(48)17(43)12(5-39)63-34)19(45)14(61-31)8-58-33-28(54)30(67-35-26(52)23(49)18(44)13(6-40)64-35)20(46)15(65-33)9-57-32-24(50)21(47)16(42)11(4-38)62-32/h10-54H,1-9H2,(H,55,56)/t10?,11-,12-,13-,14-,15-,16-,17-,18-,19-,20-,21+,22+,23+,24+,25+,26+,27+,28+,29+,30+,31-,32+,33+,34-,35-/m1/s1. The van der Waals surface area contributed by atoms with Crippen LogP contribution in [0.3, 0.4) is 0 Å². The van der Waals surface area contributed by atoms with Gasteiger partial charge in [-0.25, -0.2) is 4.57 Å². The summed E-state index contributed by atoms with van der Waals surface area (Å²) >= 11 is 0. The Bertz CT molecular complexity index is 1540. The molecule has 0 aliphatic carbocycles. The van der Waals surface area contributed by atoms with Crippen LogP contribution < -0.4 is 5.32 Å². The van der Waals surface area contributed by atoms with Gasteiger partial charge in [-0.1, -0.05) is 0 Å². The Kier molecular flexibility index (Phi) is 21.9. The fourth-order valence-corrected chi connectivity index (χ4v) is 8.38. The van der Waals surface area contributed by atoms with Crippen LogP contribution in [0.4, 0.5) is 0 Å². The van der Waals surface area contributed by atoms with Gasteiger partial charge in [0.1, 0.15) is 134 Å². The fourth-order valence-electron chi connectivity index (χ4n) is 7.63. The van der Waals surface area contributed by atoms with E-state index < -0.39 is 227 Å². The van der Waals surface area contributed by atoms with Gasteiger partial charge in [0.25, 0.3) is 0 Å². The van der Waals surface area contributed by atoms with E-state index in [1.165, 1.54) is 0 Å². The highest BCUT2D eigenvalue weighted by Crippen LogP contribution is 2.43. The van der Waals surface area contributed by atoms with Gasteiger partial charge in [-0.2, -0.15) is 0 Å².